The van der Waals surface area contributed by atoms with Crippen molar-refractivity contribution < 1.29 is 0 Å². The number of fused-ring (bicyclic) bond motifs is 1. The Kier molecular flexibility index (Phi) is 4.86. The molecule has 0 fully saturated rings. The van der Waals surface area contributed by atoms with Gasteiger partial charge in [-0.2, -0.15) is 0 Å². The van der Waals surface area contributed by atoms with Gasteiger partial charge >= 0.3 is 0 Å². The number of para-hydroxylation sites is 1. The molecule has 0 saturated heterocycles. The van der Waals surface area contributed by atoms with E-state index in [1.54, 1.807) is 0 Å². The van der Waals surface area contributed by atoms with Gasteiger partial charge in [-0.05, 0) is 35.9 Å². The Morgan fingerprint density at radius 2 is 1.78 bits per heavy atom. The summed E-state index contributed by atoms with van der Waals surface area (Å²) in [7, 11) is 0. The molecule has 2 aromatic carbocycles. The summed E-state index contributed by atoms with van der Waals surface area (Å²) in [5.41, 5.74) is 7.52. The fourth-order valence-electron chi connectivity index (χ4n) is 2.24. The van der Waals surface area contributed by atoms with Crippen LogP contribution in [0.2, 0.25) is 5.02 Å². The number of nitrogens with one attached hydrogen (secondary N) is 1. The summed E-state index contributed by atoms with van der Waals surface area (Å²) in [6.45, 7) is 1.22. The van der Waals surface area contributed by atoms with Crippen molar-refractivity contribution in [2.45, 2.75) is 0 Å². The van der Waals surface area contributed by atoms with E-state index < -0.39 is 0 Å². The van der Waals surface area contributed by atoms with E-state index in [0.29, 0.717) is 18.9 Å². The lowest BCUT2D eigenvalue weighted by atomic mass is 10.2. The maximum atomic E-state index is 5.90. The predicted molar refractivity (Wildman–Crippen MR) is 97.5 cm³/mol. The highest BCUT2D eigenvalue weighted by Crippen LogP contribution is 2.21. The van der Waals surface area contributed by atoms with Crippen molar-refractivity contribution in [1.29, 1.82) is 0 Å². The second-order valence-corrected chi connectivity index (χ2v) is 5.48. The largest absolute Gasteiger partial charge is 0.368 e. The molecule has 0 radical (unpaired) electrons. The second-order valence-electron chi connectivity index (χ2n) is 5.05. The molecule has 0 bridgehead atoms. The summed E-state index contributed by atoms with van der Waals surface area (Å²) in [4.78, 5) is 9.16. The van der Waals surface area contributed by atoms with Crippen molar-refractivity contribution >= 4 is 40.5 Å². The molecule has 23 heavy (non-hydrogen) atoms. The molecule has 4 nitrogen and oxygen atoms in total. The summed E-state index contributed by atoms with van der Waals surface area (Å²) in [5, 5.41) is 4.97. The van der Waals surface area contributed by atoms with Crippen molar-refractivity contribution in [3.63, 3.8) is 0 Å². The molecule has 1 heterocycles. The van der Waals surface area contributed by atoms with Gasteiger partial charge < -0.3 is 11.1 Å². The predicted octanol–water partition coefficient (Wildman–Crippen LogP) is 3.82. The van der Waals surface area contributed by atoms with E-state index in [9.17, 15) is 0 Å². The quantitative estimate of drug-likeness (QED) is 0.748. The maximum absolute atomic E-state index is 5.90. The minimum atomic E-state index is 0.550. The van der Waals surface area contributed by atoms with Gasteiger partial charge in [0.2, 0.25) is 0 Å². The Morgan fingerprint density at radius 3 is 2.57 bits per heavy atom. The first-order chi connectivity index (χ1) is 11.3. The third-order valence-corrected chi connectivity index (χ3v) is 3.60. The zero-order valence-electron chi connectivity index (χ0n) is 12.5. The number of rotatable bonds is 5. The highest BCUT2D eigenvalue weighted by Gasteiger charge is 2.05. The van der Waals surface area contributed by atoms with E-state index in [1.165, 1.54) is 0 Å². The third kappa shape index (κ3) is 3.86. The molecular formula is C18H17ClN4. The van der Waals surface area contributed by atoms with Crippen LogP contribution in [0.15, 0.2) is 48.5 Å². The normalized spacial score (nSPS) is 11.2. The molecule has 0 aliphatic carbocycles. The monoisotopic (exact) mass is 324 g/mol. The molecule has 0 saturated carbocycles. The van der Waals surface area contributed by atoms with E-state index in [-0.39, 0.29) is 0 Å². The zero-order valence-corrected chi connectivity index (χ0v) is 13.3. The molecule has 0 spiro atoms. The number of nitrogens with zero attached hydrogens (tertiary/aromatic N) is 2. The van der Waals surface area contributed by atoms with Crippen LogP contribution < -0.4 is 11.1 Å². The van der Waals surface area contributed by atoms with Gasteiger partial charge in [0.05, 0.1) is 5.52 Å². The highest BCUT2D eigenvalue weighted by molar-refractivity contribution is 6.30. The molecular weight excluding hydrogens is 308 g/mol. The van der Waals surface area contributed by atoms with Crippen molar-refractivity contribution in [3.8, 4) is 0 Å². The average molecular weight is 325 g/mol. The average Bonchev–Trinajstić information content (AvgIpc) is 2.59. The minimum Gasteiger partial charge on any atom is -0.368 e. The molecule has 3 aromatic rings. The van der Waals surface area contributed by atoms with Crippen LogP contribution in [0.1, 0.15) is 11.4 Å². The molecule has 116 valence electrons. The Labute approximate surface area is 140 Å². The number of hydrogen-bond donors (Lipinski definition) is 2. The van der Waals surface area contributed by atoms with Crippen LogP contribution >= 0.6 is 11.6 Å². The summed E-state index contributed by atoms with van der Waals surface area (Å²) in [5.74, 6) is 1.45. The highest BCUT2D eigenvalue weighted by atomic mass is 35.5. The molecule has 0 unspecified atom stereocenters. The van der Waals surface area contributed by atoms with E-state index in [4.69, 9.17) is 17.3 Å². The van der Waals surface area contributed by atoms with E-state index >= 15 is 0 Å². The SMILES string of the molecule is NCCNc1nc(/C=C/c2ccc(Cl)cc2)nc2ccccc12. The number of nitrogens with two attached hydrogens (primary N) is 1. The number of benzene rings is 2. The van der Waals surface area contributed by atoms with E-state index in [0.717, 1.165) is 27.3 Å². The van der Waals surface area contributed by atoms with Gasteiger partial charge in [0, 0.05) is 23.5 Å². The fourth-order valence-corrected chi connectivity index (χ4v) is 2.37. The summed E-state index contributed by atoms with van der Waals surface area (Å²) in [6, 6.07) is 15.5. The molecule has 0 amide bonds. The standard InChI is InChI=1S/C18H17ClN4/c19-14-8-5-13(6-9-14)7-10-17-22-16-4-2-1-3-15(16)18(23-17)21-12-11-20/h1-10H,11-12,20H2,(H,21,22,23)/b10-7+. The van der Waals surface area contributed by atoms with Crippen LogP contribution in [-0.2, 0) is 0 Å². The fraction of sp³-hybridized carbons (Fsp3) is 0.111. The number of anilines is 1. The summed E-state index contributed by atoms with van der Waals surface area (Å²) >= 11 is 5.90. The number of aromatic nitrogens is 2. The topological polar surface area (TPSA) is 63.8 Å². The Balaban J connectivity index is 1.95. The van der Waals surface area contributed by atoms with Crippen molar-refractivity contribution in [1.82, 2.24) is 9.97 Å². The number of hydrogen-bond acceptors (Lipinski definition) is 4. The Bertz CT molecular complexity index is 828. The molecule has 0 aliphatic rings. The van der Waals surface area contributed by atoms with Gasteiger partial charge in [-0.3, -0.25) is 0 Å². The second kappa shape index (κ2) is 7.22. The first-order valence-electron chi connectivity index (χ1n) is 7.40. The molecule has 0 atom stereocenters. The van der Waals surface area contributed by atoms with Gasteiger partial charge in [0.15, 0.2) is 5.82 Å². The van der Waals surface area contributed by atoms with E-state index in [1.807, 2.05) is 60.7 Å². The lowest BCUT2D eigenvalue weighted by molar-refractivity contribution is 1.01. The van der Waals surface area contributed by atoms with Crippen LogP contribution in [0, 0.1) is 0 Å². The lowest BCUT2D eigenvalue weighted by Crippen LogP contribution is -2.14. The van der Waals surface area contributed by atoms with Crippen molar-refractivity contribution in [2.24, 2.45) is 5.73 Å². The van der Waals surface area contributed by atoms with Gasteiger partial charge in [0.25, 0.3) is 0 Å². The van der Waals surface area contributed by atoms with Crippen LogP contribution in [0.25, 0.3) is 23.1 Å². The van der Waals surface area contributed by atoms with Crippen LogP contribution in [0.4, 0.5) is 5.82 Å². The van der Waals surface area contributed by atoms with Gasteiger partial charge in [-0.15, -0.1) is 0 Å². The molecule has 3 rings (SSSR count). The Hall–Kier alpha value is -2.43. The maximum Gasteiger partial charge on any atom is 0.154 e. The smallest absolute Gasteiger partial charge is 0.154 e. The van der Waals surface area contributed by atoms with Gasteiger partial charge in [-0.25, -0.2) is 9.97 Å². The van der Waals surface area contributed by atoms with Crippen molar-refractivity contribution in [2.75, 3.05) is 18.4 Å². The summed E-state index contributed by atoms with van der Waals surface area (Å²) < 4.78 is 0. The van der Waals surface area contributed by atoms with Gasteiger partial charge in [0.1, 0.15) is 5.82 Å². The molecule has 1 aromatic heterocycles. The Morgan fingerprint density at radius 1 is 1.00 bits per heavy atom. The summed E-state index contributed by atoms with van der Waals surface area (Å²) in [6.07, 6.45) is 3.86. The third-order valence-electron chi connectivity index (χ3n) is 3.35. The van der Waals surface area contributed by atoms with Crippen LogP contribution in [0.3, 0.4) is 0 Å². The first-order valence-corrected chi connectivity index (χ1v) is 7.78. The van der Waals surface area contributed by atoms with Crippen molar-refractivity contribution in [3.05, 3.63) is 64.9 Å². The van der Waals surface area contributed by atoms with Crippen LogP contribution in [-0.4, -0.2) is 23.1 Å². The van der Waals surface area contributed by atoms with Gasteiger partial charge in [-0.1, -0.05) is 41.9 Å². The minimum absolute atomic E-state index is 0.550. The molecule has 3 N–H and O–H groups in total. The van der Waals surface area contributed by atoms with E-state index in [2.05, 4.69) is 15.3 Å². The number of halogens is 1. The molecule has 0 aliphatic heterocycles. The van der Waals surface area contributed by atoms with Crippen LogP contribution in [0.5, 0.6) is 0 Å². The lowest BCUT2D eigenvalue weighted by Gasteiger charge is -2.08. The zero-order chi connectivity index (χ0) is 16.1. The molecule has 5 heteroatoms. The first kappa shape index (κ1) is 15.5.